The zero-order valence-electron chi connectivity index (χ0n) is 10.6. The molecule has 3 nitrogen and oxygen atoms in total. The van der Waals surface area contributed by atoms with Crippen molar-refractivity contribution in [3.8, 4) is 0 Å². The molecule has 1 heterocycles. The lowest BCUT2D eigenvalue weighted by Gasteiger charge is -2.16. The Morgan fingerprint density at radius 1 is 1.22 bits per heavy atom. The summed E-state index contributed by atoms with van der Waals surface area (Å²) in [4.78, 5) is 2.03. The number of nitrogens with zero attached hydrogens (tertiary/aromatic N) is 1. The van der Waals surface area contributed by atoms with Gasteiger partial charge >= 0.3 is 0 Å². The van der Waals surface area contributed by atoms with Gasteiger partial charge in [-0.25, -0.2) is 4.39 Å². The predicted molar refractivity (Wildman–Crippen MR) is 69.4 cm³/mol. The molecule has 96 valence electrons. The minimum Gasteiger partial charge on any atom is -0.465 e. The number of aryl methyl sites for hydroxylation is 1. The molecule has 0 aliphatic heterocycles. The highest BCUT2D eigenvalue weighted by atomic mass is 19.1. The summed E-state index contributed by atoms with van der Waals surface area (Å²) < 4.78 is 18.8. The maximum absolute atomic E-state index is 13.3. The first kappa shape index (κ1) is 12.6. The summed E-state index contributed by atoms with van der Waals surface area (Å²) in [6.45, 7) is 3.17. The van der Waals surface area contributed by atoms with Crippen LogP contribution in [-0.2, 0) is 13.1 Å². The van der Waals surface area contributed by atoms with E-state index in [2.05, 4.69) is 0 Å². The summed E-state index contributed by atoms with van der Waals surface area (Å²) in [5, 5.41) is 0. The van der Waals surface area contributed by atoms with Crippen molar-refractivity contribution >= 4 is 5.69 Å². The molecule has 1 aromatic heterocycles. The van der Waals surface area contributed by atoms with E-state index in [1.807, 2.05) is 37.1 Å². The first-order valence-electron chi connectivity index (χ1n) is 5.83. The Hall–Kier alpha value is -1.81. The van der Waals surface area contributed by atoms with Crippen LogP contribution >= 0.6 is 0 Å². The third-order valence-corrected chi connectivity index (χ3v) is 2.81. The Balaban J connectivity index is 2.03. The number of anilines is 1. The van der Waals surface area contributed by atoms with Gasteiger partial charge in [0.15, 0.2) is 0 Å². The number of para-hydroxylation sites is 1. The highest BCUT2D eigenvalue weighted by molar-refractivity contribution is 5.47. The van der Waals surface area contributed by atoms with Crippen molar-refractivity contribution in [2.24, 2.45) is 0 Å². The number of nitrogens with two attached hydrogens (primary N) is 1. The second-order valence-corrected chi connectivity index (χ2v) is 4.50. The molecule has 0 aliphatic carbocycles. The van der Waals surface area contributed by atoms with Crippen molar-refractivity contribution in [2.75, 3.05) is 12.8 Å². The van der Waals surface area contributed by atoms with Crippen molar-refractivity contribution in [1.82, 2.24) is 4.90 Å². The molecule has 0 saturated carbocycles. The summed E-state index contributed by atoms with van der Waals surface area (Å²) in [7, 11) is 1.95. The number of rotatable bonds is 4. The molecule has 18 heavy (non-hydrogen) atoms. The Bertz CT molecular complexity index is 536. The standard InChI is InChI=1S/C14H17FN2O/c1-10-6-7-12(18-10)9-17(2)8-11-4-3-5-13(15)14(11)16/h3-7H,8-9,16H2,1-2H3. The van der Waals surface area contributed by atoms with E-state index in [0.29, 0.717) is 13.1 Å². The summed E-state index contributed by atoms with van der Waals surface area (Å²) in [6, 6.07) is 8.75. The van der Waals surface area contributed by atoms with E-state index in [4.69, 9.17) is 10.2 Å². The van der Waals surface area contributed by atoms with Gasteiger partial charge < -0.3 is 10.2 Å². The van der Waals surface area contributed by atoms with Crippen molar-refractivity contribution in [1.29, 1.82) is 0 Å². The number of nitrogen functional groups attached to an aromatic ring is 1. The number of hydrogen-bond acceptors (Lipinski definition) is 3. The zero-order valence-corrected chi connectivity index (χ0v) is 10.6. The monoisotopic (exact) mass is 248 g/mol. The molecule has 4 heteroatoms. The van der Waals surface area contributed by atoms with Gasteiger partial charge in [0.25, 0.3) is 0 Å². The third kappa shape index (κ3) is 2.90. The Labute approximate surface area is 106 Å². The highest BCUT2D eigenvalue weighted by Crippen LogP contribution is 2.18. The van der Waals surface area contributed by atoms with E-state index in [1.165, 1.54) is 6.07 Å². The Morgan fingerprint density at radius 3 is 2.67 bits per heavy atom. The van der Waals surface area contributed by atoms with E-state index in [-0.39, 0.29) is 11.5 Å². The van der Waals surface area contributed by atoms with Crippen LogP contribution in [0.1, 0.15) is 17.1 Å². The van der Waals surface area contributed by atoms with Crippen LogP contribution in [0.5, 0.6) is 0 Å². The van der Waals surface area contributed by atoms with Gasteiger partial charge in [-0.15, -0.1) is 0 Å². The quantitative estimate of drug-likeness (QED) is 0.846. The maximum Gasteiger partial charge on any atom is 0.146 e. The van der Waals surface area contributed by atoms with Gasteiger partial charge in [-0.05, 0) is 37.7 Å². The predicted octanol–water partition coefficient (Wildman–Crippen LogP) is 2.94. The summed E-state index contributed by atoms with van der Waals surface area (Å²) in [6.07, 6.45) is 0. The fourth-order valence-electron chi connectivity index (χ4n) is 1.90. The normalized spacial score (nSPS) is 11.1. The lowest BCUT2D eigenvalue weighted by molar-refractivity contribution is 0.285. The highest BCUT2D eigenvalue weighted by Gasteiger charge is 2.09. The molecule has 0 unspecified atom stereocenters. The maximum atomic E-state index is 13.3. The number of furan rings is 1. The fourth-order valence-corrected chi connectivity index (χ4v) is 1.90. The van der Waals surface area contributed by atoms with Crippen molar-refractivity contribution in [3.05, 3.63) is 53.2 Å². The topological polar surface area (TPSA) is 42.4 Å². The molecule has 0 amide bonds. The van der Waals surface area contributed by atoms with Crippen LogP contribution in [0.3, 0.4) is 0 Å². The van der Waals surface area contributed by atoms with Crippen LogP contribution in [0, 0.1) is 12.7 Å². The van der Waals surface area contributed by atoms with Crippen LogP contribution in [0.4, 0.5) is 10.1 Å². The molecule has 2 N–H and O–H groups in total. The second-order valence-electron chi connectivity index (χ2n) is 4.50. The van der Waals surface area contributed by atoms with E-state index in [0.717, 1.165) is 17.1 Å². The van der Waals surface area contributed by atoms with Gasteiger partial charge in [-0.1, -0.05) is 12.1 Å². The molecule has 0 radical (unpaired) electrons. The average molecular weight is 248 g/mol. The van der Waals surface area contributed by atoms with Crippen LogP contribution < -0.4 is 5.73 Å². The lowest BCUT2D eigenvalue weighted by atomic mass is 10.1. The smallest absolute Gasteiger partial charge is 0.146 e. The summed E-state index contributed by atoms with van der Waals surface area (Å²) >= 11 is 0. The van der Waals surface area contributed by atoms with Gasteiger partial charge in [0.1, 0.15) is 17.3 Å². The lowest BCUT2D eigenvalue weighted by Crippen LogP contribution is -2.18. The van der Waals surface area contributed by atoms with E-state index in [1.54, 1.807) is 6.07 Å². The number of benzene rings is 1. The molecule has 0 fully saturated rings. The molecule has 1 aromatic carbocycles. The minimum atomic E-state index is -0.366. The van der Waals surface area contributed by atoms with Crippen LogP contribution in [0.15, 0.2) is 34.7 Å². The van der Waals surface area contributed by atoms with Crippen molar-refractivity contribution in [2.45, 2.75) is 20.0 Å². The van der Waals surface area contributed by atoms with Gasteiger partial charge in [0.05, 0.1) is 12.2 Å². The van der Waals surface area contributed by atoms with E-state index in [9.17, 15) is 4.39 Å². The molecule has 0 spiro atoms. The van der Waals surface area contributed by atoms with E-state index < -0.39 is 0 Å². The zero-order chi connectivity index (χ0) is 13.1. The van der Waals surface area contributed by atoms with Crippen molar-refractivity contribution < 1.29 is 8.81 Å². The van der Waals surface area contributed by atoms with Crippen LogP contribution in [-0.4, -0.2) is 11.9 Å². The largest absolute Gasteiger partial charge is 0.465 e. The molecule has 0 bridgehead atoms. The van der Waals surface area contributed by atoms with Crippen molar-refractivity contribution in [3.63, 3.8) is 0 Å². The Kier molecular flexibility index (Phi) is 3.67. The fraction of sp³-hybridized carbons (Fsp3) is 0.286. The van der Waals surface area contributed by atoms with Gasteiger partial charge in [-0.2, -0.15) is 0 Å². The van der Waals surface area contributed by atoms with Gasteiger partial charge in [0.2, 0.25) is 0 Å². The molecule has 2 aromatic rings. The van der Waals surface area contributed by atoms with Gasteiger partial charge in [0, 0.05) is 6.54 Å². The molecule has 0 atom stereocenters. The van der Waals surface area contributed by atoms with Crippen LogP contribution in [0.2, 0.25) is 0 Å². The molecular formula is C14H17FN2O. The molecule has 0 saturated heterocycles. The summed E-state index contributed by atoms with van der Waals surface area (Å²) in [5.41, 5.74) is 6.72. The molecule has 2 rings (SSSR count). The average Bonchev–Trinajstić information content (AvgIpc) is 2.70. The SMILES string of the molecule is Cc1ccc(CN(C)Cc2cccc(F)c2N)o1. The van der Waals surface area contributed by atoms with E-state index >= 15 is 0 Å². The van der Waals surface area contributed by atoms with Crippen LogP contribution in [0.25, 0.3) is 0 Å². The Morgan fingerprint density at radius 2 is 2.00 bits per heavy atom. The molecular weight excluding hydrogens is 231 g/mol. The first-order chi connectivity index (χ1) is 8.56. The molecule has 0 aliphatic rings. The second kappa shape index (κ2) is 5.23. The first-order valence-corrected chi connectivity index (χ1v) is 5.83. The van der Waals surface area contributed by atoms with Gasteiger partial charge in [-0.3, -0.25) is 4.90 Å². The minimum absolute atomic E-state index is 0.222. The summed E-state index contributed by atoms with van der Waals surface area (Å²) in [5.74, 6) is 1.42. The number of halogens is 1. The number of hydrogen-bond donors (Lipinski definition) is 1. The third-order valence-electron chi connectivity index (χ3n) is 2.81.